The summed E-state index contributed by atoms with van der Waals surface area (Å²) in [5.74, 6) is -0.508. The van der Waals surface area contributed by atoms with Gasteiger partial charge in [-0.05, 0) is 50.1 Å². The van der Waals surface area contributed by atoms with Gasteiger partial charge in [-0.25, -0.2) is 0 Å². The van der Waals surface area contributed by atoms with E-state index in [4.69, 9.17) is 10.5 Å². The predicted octanol–water partition coefficient (Wildman–Crippen LogP) is 3.32. The number of nitrogens with two attached hydrogens (primary N) is 1. The highest BCUT2D eigenvalue weighted by Crippen LogP contribution is 2.37. The highest BCUT2D eigenvalue weighted by atomic mass is 19.4. The number of esters is 1. The van der Waals surface area contributed by atoms with Crippen molar-refractivity contribution < 1.29 is 27.8 Å². The lowest BCUT2D eigenvalue weighted by molar-refractivity contribution is -0.145. The molecule has 0 radical (unpaired) electrons. The fourth-order valence-electron chi connectivity index (χ4n) is 4.28. The van der Waals surface area contributed by atoms with Crippen molar-refractivity contribution in [2.75, 3.05) is 32.1 Å². The molecule has 1 aliphatic heterocycles. The molecule has 2 aromatic rings. The average molecular weight is 482 g/mol. The highest BCUT2D eigenvalue weighted by molar-refractivity contribution is 5.73. The molecule has 0 bridgehead atoms. The maximum Gasteiger partial charge on any atom is 0.416 e. The minimum absolute atomic E-state index is 0.0583. The van der Waals surface area contributed by atoms with Gasteiger partial charge in [0.2, 0.25) is 0 Å². The molecule has 1 unspecified atom stereocenters. The van der Waals surface area contributed by atoms with Crippen molar-refractivity contribution in [3.05, 3.63) is 34.9 Å². The molecule has 1 fully saturated rings. The lowest BCUT2D eigenvalue weighted by atomic mass is 9.99. The van der Waals surface area contributed by atoms with Gasteiger partial charge in [-0.2, -0.15) is 13.2 Å². The summed E-state index contributed by atoms with van der Waals surface area (Å²) >= 11 is 0. The normalized spacial score (nSPS) is 17.9. The first-order valence-electron chi connectivity index (χ1n) is 11.1. The number of phenolic OH excluding ortho intramolecular Hbond substituents is 1. The number of ether oxygens (including phenoxy) is 1. The number of rotatable bonds is 7. The quantitative estimate of drug-likeness (QED) is 0.516. The van der Waals surface area contributed by atoms with Gasteiger partial charge in [0.25, 0.3) is 0 Å². The molecule has 8 nitrogen and oxygen atoms in total. The van der Waals surface area contributed by atoms with E-state index in [0.717, 1.165) is 25.5 Å². The van der Waals surface area contributed by atoms with Gasteiger partial charge in [-0.3, -0.25) is 4.79 Å². The number of aromatic hydroxyl groups is 1. The Labute approximate surface area is 196 Å². The Balaban J connectivity index is 1.80. The molecule has 0 spiro atoms. The van der Waals surface area contributed by atoms with Gasteiger partial charge < -0.3 is 25.8 Å². The summed E-state index contributed by atoms with van der Waals surface area (Å²) in [7, 11) is 1.38. The second-order valence-electron chi connectivity index (χ2n) is 8.60. The molecular formula is C23H30F3N5O3. The van der Waals surface area contributed by atoms with Crippen LogP contribution in [0, 0.1) is 12.8 Å². The number of carbonyl (C=O) groups is 1. The molecule has 0 amide bonds. The Morgan fingerprint density at radius 1 is 1.38 bits per heavy atom. The molecule has 1 aliphatic rings. The zero-order chi connectivity index (χ0) is 25.0. The van der Waals surface area contributed by atoms with Crippen molar-refractivity contribution in [2.45, 2.75) is 45.5 Å². The summed E-state index contributed by atoms with van der Waals surface area (Å²) in [6.45, 7) is 5.88. The Bertz CT molecular complexity index is 1030. The number of alkyl halides is 3. The van der Waals surface area contributed by atoms with Gasteiger partial charge >= 0.3 is 12.1 Å². The van der Waals surface area contributed by atoms with Gasteiger partial charge in [0.1, 0.15) is 11.4 Å². The van der Waals surface area contributed by atoms with E-state index in [2.05, 4.69) is 20.4 Å². The van der Waals surface area contributed by atoms with E-state index < -0.39 is 17.5 Å². The largest absolute Gasteiger partial charge is 0.507 e. The number of likely N-dealkylation sites (tertiary alicyclic amines) is 1. The van der Waals surface area contributed by atoms with Gasteiger partial charge in [-0.15, -0.1) is 10.2 Å². The van der Waals surface area contributed by atoms with Crippen LogP contribution < -0.4 is 11.1 Å². The van der Waals surface area contributed by atoms with Crippen molar-refractivity contribution in [3.63, 3.8) is 0 Å². The summed E-state index contributed by atoms with van der Waals surface area (Å²) in [6, 6.07) is 2.82. The number of aromatic nitrogens is 2. The summed E-state index contributed by atoms with van der Waals surface area (Å²) in [6.07, 6.45) is -2.72. The molecule has 3 rings (SSSR count). The Morgan fingerprint density at radius 3 is 2.74 bits per heavy atom. The molecule has 2 heterocycles. The first-order valence-corrected chi connectivity index (χ1v) is 11.1. The van der Waals surface area contributed by atoms with Crippen LogP contribution in [0.4, 0.5) is 19.0 Å². The lowest BCUT2D eigenvalue weighted by Gasteiger charge is -2.34. The number of nitrogens with zero attached hydrogens (tertiary/aromatic N) is 3. The third-order valence-electron chi connectivity index (χ3n) is 6.11. The first-order chi connectivity index (χ1) is 16.0. The molecule has 186 valence electrons. The predicted molar refractivity (Wildman–Crippen MR) is 121 cm³/mol. The minimum Gasteiger partial charge on any atom is -0.507 e. The fraction of sp³-hybridized carbons (Fsp3) is 0.522. The summed E-state index contributed by atoms with van der Waals surface area (Å²) < 4.78 is 43.6. The number of nitrogens with one attached hydrogen (secondary N) is 1. The molecular weight excluding hydrogens is 451 g/mol. The van der Waals surface area contributed by atoms with E-state index in [9.17, 15) is 23.1 Å². The van der Waals surface area contributed by atoms with Crippen LogP contribution in [0.2, 0.25) is 0 Å². The Morgan fingerprint density at radius 2 is 2.12 bits per heavy atom. The number of benzene rings is 1. The summed E-state index contributed by atoms with van der Waals surface area (Å²) in [5, 5.41) is 22.1. The summed E-state index contributed by atoms with van der Waals surface area (Å²) in [4.78, 5) is 13.9. The van der Waals surface area contributed by atoms with Crippen molar-refractivity contribution in [3.8, 4) is 17.0 Å². The van der Waals surface area contributed by atoms with Crippen LogP contribution in [0.1, 0.15) is 36.5 Å². The second kappa shape index (κ2) is 10.6. The lowest BCUT2D eigenvalue weighted by Crippen LogP contribution is -2.45. The maximum absolute atomic E-state index is 12.9. The van der Waals surface area contributed by atoms with Gasteiger partial charge in [0, 0.05) is 36.8 Å². The van der Waals surface area contributed by atoms with Crippen LogP contribution in [0.15, 0.2) is 18.2 Å². The van der Waals surface area contributed by atoms with Crippen LogP contribution in [-0.2, 0) is 22.3 Å². The fourth-order valence-corrected chi connectivity index (χ4v) is 4.28. The Hall–Kier alpha value is -2.92. The van der Waals surface area contributed by atoms with Crippen molar-refractivity contribution in [2.24, 2.45) is 11.7 Å². The maximum atomic E-state index is 12.9. The first kappa shape index (κ1) is 25.7. The molecule has 0 aliphatic carbocycles. The Kier molecular flexibility index (Phi) is 7.98. The number of anilines is 1. The number of phenols is 1. The average Bonchev–Trinajstić information content (AvgIpc) is 2.79. The molecule has 11 heteroatoms. The van der Waals surface area contributed by atoms with Crippen molar-refractivity contribution >= 4 is 11.8 Å². The van der Waals surface area contributed by atoms with Crippen molar-refractivity contribution in [1.82, 2.24) is 15.1 Å². The van der Waals surface area contributed by atoms with Crippen LogP contribution in [-0.4, -0.2) is 59.0 Å². The third kappa shape index (κ3) is 5.76. The molecule has 0 saturated carbocycles. The van der Waals surface area contributed by atoms with E-state index >= 15 is 0 Å². The van der Waals surface area contributed by atoms with Crippen molar-refractivity contribution in [1.29, 1.82) is 0 Å². The molecule has 1 saturated heterocycles. The smallest absolute Gasteiger partial charge is 0.416 e. The number of piperidine rings is 1. The number of hydrogen-bond donors (Lipinski definition) is 3. The zero-order valence-electron chi connectivity index (χ0n) is 19.4. The zero-order valence-corrected chi connectivity index (χ0v) is 19.4. The van der Waals surface area contributed by atoms with E-state index in [-0.39, 0.29) is 35.7 Å². The van der Waals surface area contributed by atoms with Gasteiger partial charge in [0.05, 0.1) is 18.6 Å². The molecule has 34 heavy (non-hydrogen) atoms. The van der Waals surface area contributed by atoms with E-state index in [1.165, 1.54) is 13.2 Å². The monoisotopic (exact) mass is 481 g/mol. The van der Waals surface area contributed by atoms with E-state index in [1.54, 1.807) is 6.92 Å². The topological polar surface area (TPSA) is 114 Å². The molecule has 1 aromatic carbocycles. The summed E-state index contributed by atoms with van der Waals surface area (Å²) in [5.41, 5.74) is 6.76. The van der Waals surface area contributed by atoms with Crippen LogP contribution >= 0.6 is 0 Å². The standard InChI is InChI=1S/C23H30F3N5O3/c1-13(22(33)34-3)11-31-8-4-5-16(12-31)28-21-18(10-27)14(2)20(29-30-21)17-7-6-15(9-19(17)32)23(24,25)26/h6-7,9,13,16,32H,4-5,8,10-12,27H2,1-3H3,(H,28,30)/t13?,16-/m1/s1. The molecule has 1 aromatic heterocycles. The number of halogens is 3. The van der Waals surface area contributed by atoms with Gasteiger partial charge in [0.15, 0.2) is 5.82 Å². The van der Waals surface area contributed by atoms with Crippen LogP contribution in [0.25, 0.3) is 11.3 Å². The number of hydrogen-bond acceptors (Lipinski definition) is 8. The third-order valence-corrected chi connectivity index (χ3v) is 6.11. The van der Waals surface area contributed by atoms with E-state index in [0.29, 0.717) is 36.1 Å². The number of methoxy groups -OCH3 is 1. The number of carbonyl (C=O) groups excluding carboxylic acids is 1. The molecule has 2 atom stereocenters. The minimum atomic E-state index is -4.56. The second-order valence-corrected chi connectivity index (χ2v) is 8.60. The molecule has 4 N–H and O–H groups in total. The van der Waals surface area contributed by atoms with Crippen LogP contribution in [0.5, 0.6) is 5.75 Å². The highest BCUT2D eigenvalue weighted by Gasteiger charge is 2.32. The van der Waals surface area contributed by atoms with E-state index in [1.807, 2.05) is 6.92 Å². The van der Waals surface area contributed by atoms with Crippen LogP contribution in [0.3, 0.4) is 0 Å². The SMILES string of the molecule is COC(=O)C(C)CN1CCC[C@@H](Nc2nnc(-c3ccc(C(F)(F)F)cc3O)c(C)c2CN)C1. The van der Waals surface area contributed by atoms with Gasteiger partial charge in [-0.1, -0.05) is 6.92 Å².